The quantitative estimate of drug-likeness (QED) is 0.730. The number of carbonyl (C=O) groups excluding carboxylic acids is 1. The van der Waals surface area contributed by atoms with E-state index in [1.807, 2.05) is 34.9 Å². The van der Waals surface area contributed by atoms with Gasteiger partial charge >= 0.3 is 6.03 Å². The first kappa shape index (κ1) is 11.3. The van der Waals surface area contributed by atoms with Gasteiger partial charge < -0.3 is 0 Å². The highest BCUT2D eigenvalue weighted by atomic mass is 32.2. The van der Waals surface area contributed by atoms with Gasteiger partial charge in [-0.2, -0.15) is 0 Å². The number of fused-ring (bicyclic) bond motifs is 1. The first-order valence-corrected chi connectivity index (χ1v) is 6.69. The number of hydrogen-bond acceptors (Lipinski definition) is 3. The summed E-state index contributed by atoms with van der Waals surface area (Å²) in [6.07, 6.45) is 4.83. The third-order valence-electron chi connectivity index (χ3n) is 2.88. The number of para-hydroxylation sites is 1. The number of imidazole rings is 1. The molecule has 0 N–H and O–H groups in total. The molecule has 1 amide bonds. The van der Waals surface area contributed by atoms with E-state index in [1.165, 1.54) is 10.9 Å². The third-order valence-corrected chi connectivity index (χ3v) is 4.03. The van der Waals surface area contributed by atoms with Gasteiger partial charge in [-0.3, -0.25) is 9.47 Å². The molecule has 0 saturated carbocycles. The Morgan fingerprint density at radius 2 is 2.28 bits per heavy atom. The lowest BCUT2D eigenvalue weighted by Gasteiger charge is -2.32. The van der Waals surface area contributed by atoms with Crippen LogP contribution < -0.4 is 4.90 Å². The highest BCUT2D eigenvalue weighted by molar-refractivity contribution is 8.00. The third kappa shape index (κ3) is 1.90. The molecule has 1 aromatic heterocycles. The van der Waals surface area contributed by atoms with Gasteiger partial charge in [0.25, 0.3) is 0 Å². The van der Waals surface area contributed by atoms with Crippen LogP contribution in [-0.2, 0) is 0 Å². The standard InChI is InChI=1S/C13H13N3OS/c1-10-8-16(13(17)15-7-6-14-9-15)11-4-2-3-5-12(11)18-10/h2-7,9-10H,8H2,1H3/t10-/m0/s1. The maximum absolute atomic E-state index is 12.4. The summed E-state index contributed by atoms with van der Waals surface area (Å²) >= 11 is 1.81. The summed E-state index contributed by atoms with van der Waals surface area (Å²) in [6, 6.07) is 7.97. The lowest BCUT2D eigenvalue weighted by atomic mass is 10.2. The van der Waals surface area contributed by atoms with Gasteiger partial charge in [0.1, 0.15) is 6.33 Å². The average molecular weight is 259 g/mol. The summed E-state index contributed by atoms with van der Waals surface area (Å²) in [4.78, 5) is 19.3. The highest BCUT2D eigenvalue weighted by Gasteiger charge is 2.27. The molecule has 1 aliphatic heterocycles. The Bertz CT molecular complexity index is 567. The van der Waals surface area contributed by atoms with Crippen LogP contribution >= 0.6 is 11.8 Å². The topological polar surface area (TPSA) is 38.1 Å². The van der Waals surface area contributed by atoms with Crippen molar-refractivity contribution >= 4 is 23.5 Å². The smallest absolute Gasteiger partial charge is 0.291 e. The van der Waals surface area contributed by atoms with Crippen LogP contribution in [0.2, 0.25) is 0 Å². The average Bonchev–Trinajstić information content (AvgIpc) is 2.90. The number of aromatic nitrogens is 2. The fraction of sp³-hybridized carbons (Fsp3) is 0.231. The van der Waals surface area contributed by atoms with E-state index in [1.54, 1.807) is 12.4 Å². The van der Waals surface area contributed by atoms with Gasteiger partial charge in [0.05, 0.1) is 5.69 Å². The van der Waals surface area contributed by atoms with Gasteiger partial charge in [0, 0.05) is 29.1 Å². The first-order valence-electron chi connectivity index (χ1n) is 5.81. The van der Waals surface area contributed by atoms with Crippen LogP contribution in [0.4, 0.5) is 10.5 Å². The molecule has 18 heavy (non-hydrogen) atoms. The maximum Gasteiger partial charge on any atom is 0.333 e. The molecular formula is C13H13N3OS. The van der Waals surface area contributed by atoms with E-state index in [4.69, 9.17) is 0 Å². The van der Waals surface area contributed by atoms with E-state index in [0.29, 0.717) is 5.25 Å². The second kappa shape index (κ2) is 4.49. The van der Waals surface area contributed by atoms with Gasteiger partial charge in [-0.1, -0.05) is 19.1 Å². The molecule has 1 atom stereocenters. The van der Waals surface area contributed by atoms with Crippen molar-refractivity contribution in [1.29, 1.82) is 0 Å². The second-order valence-corrected chi connectivity index (χ2v) is 5.74. The summed E-state index contributed by atoms with van der Waals surface area (Å²) < 4.78 is 1.51. The van der Waals surface area contributed by atoms with Crippen molar-refractivity contribution in [2.24, 2.45) is 0 Å². The van der Waals surface area contributed by atoms with Gasteiger partial charge in [0.2, 0.25) is 0 Å². The van der Waals surface area contributed by atoms with Crippen molar-refractivity contribution in [3.63, 3.8) is 0 Å². The fourth-order valence-corrected chi connectivity index (χ4v) is 3.20. The first-order chi connectivity index (χ1) is 8.75. The largest absolute Gasteiger partial charge is 0.333 e. The van der Waals surface area contributed by atoms with Crippen LogP contribution in [0.1, 0.15) is 6.92 Å². The minimum atomic E-state index is -0.0490. The van der Waals surface area contributed by atoms with E-state index in [9.17, 15) is 4.79 Å². The van der Waals surface area contributed by atoms with Crippen LogP contribution in [-0.4, -0.2) is 27.4 Å². The van der Waals surface area contributed by atoms with Crippen LogP contribution in [0.5, 0.6) is 0 Å². The molecule has 0 radical (unpaired) electrons. The van der Waals surface area contributed by atoms with Crippen LogP contribution in [0.25, 0.3) is 0 Å². The molecule has 0 spiro atoms. The number of rotatable bonds is 0. The van der Waals surface area contributed by atoms with E-state index in [2.05, 4.69) is 18.0 Å². The molecule has 4 nitrogen and oxygen atoms in total. The van der Waals surface area contributed by atoms with Gasteiger partial charge in [-0.05, 0) is 12.1 Å². The predicted molar refractivity (Wildman–Crippen MR) is 72.1 cm³/mol. The molecule has 0 unspecified atom stereocenters. The predicted octanol–water partition coefficient (Wildman–Crippen LogP) is 2.85. The molecule has 2 heterocycles. The molecular weight excluding hydrogens is 246 g/mol. The number of carbonyl (C=O) groups is 1. The number of hydrogen-bond donors (Lipinski definition) is 0. The highest BCUT2D eigenvalue weighted by Crippen LogP contribution is 2.38. The Morgan fingerprint density at radius 3 is 3.06 bits per heavy atom. The van der Waals surface area contributed by atoms with E-state index in [0.717, 1.165) is 17.1 Å². The molecule has 1 aromatic carbocycles. The molecule has 92 valence electrons. The Hall–Kier alpha value is -1.75. The Morgan fingerprint density at radius 1 is 1.44 bits per heavy atom. The molecule has 5 heteroatoms. The summed E-state index contributed by atoms with van der Waals surface area (Å²) in [5.41, 5.74) is 0.985. The normalized spacial score (nSPS) is 18.5. The Kier molecular flexibility index (Phi) is 2.83. The van der Waals surface area contributed by atoms with E-state index in [-0.39, 0.29) is 6.03 Å². The van der Waals surface area contributed by atoms with Crippen LogP contribution in [0.3, 0.4) is 0 Å². The lowest BCUT2D eigenvalue weighted by molar-refractivity contribution is 0.247. The second-order valence-electron chi connectivity index (χ2n) is 4.26. The molecule has 0 aliphatic carbocycles. The van der Waals surface area contributed by atoms with Crippen molar-refractivity contribution in [1.82, 2.24) is 9.55 Å². The number of amides is 1. The number of nitrogens with zero attached hydrogens (tertiary/aromatic N) is 3. The summed E-state index contributed by atoms with van der Waals surface area (Å²) in [6.45, 7) is 2.85. The summed E-state index contributed by atoms with van der Waals surface area (Å²) in [5, 5.41) is 0.396. The Balaban J connectivity index is 2.00. The van der Waals surface area contributed by atoms with Crippen molar-refractivity contribution in [3.8, 4) is 0 Å². The van der Waals surface area contributed by atoms with Gasteiger partial charge in [-0.25, -0.2) is 9.78 Å². The van der Waals surface area contributed by atoms with Gasteiger partial charge in [-0.15, -0.1) is 11.8 Å². The number of thioether (sulfide) groups is 1. The fourth-order valence-electron chi connectivity index (χ4n) is 2.08. The summed E-state index contributed by atoms with van der Waals surface area (Å²) in [5.74, 6) is 0. The van der Waals surface area contributed by atoms with Crippen molar-refractivity contribution < 1.29 is 4.79 Å². The lowest BCUT2D eigenvalue weighted by Crippen LogP contribution is -2.40. The molecule has 0 saturated heterocycles. The number of benzene rings is 1. The van der Waals surface area contributed by atoms with Crippen molar-refractivity contribution in [2.75, 3.05) is 11.4 Å². The molecule has 0 fully saturated rings. The SMILES string of the molecule is C[C@H]1CN(C(=O)n2ccnc2)c2ccccc2S1. The maximum atomic E-state index is 12.4. The van der Waals surface area contributed by atoms with E-state index >= 15 is 0 Å². The number of anilines is 1. The zero-order chi connectivity index (χ0) is 12.5. The van der Waals surface area contributed by atoms with Gasteiger partial charge in [0.15, 0.2) is 0 Å². The monoisotopic (exact) mass is 259 g/mol. The molecule has 1 aliphatic rings. The molecule has 2 aromatic rings. The van der Waals surface area contributed by atoms with Crippen molar-refractivity contribution in [2.45, 2.75) is 17.1 Å². The minimum Gasteiger partial charge on any atom is -0.291 e. The zero-order valence-corrected chi connectivity index (χ0v) is 10.8. The van der Waals surface area contributed by atoms with Crippen LogP contribution in [0, 0.1) is 0 Å². The van der Waals surface area contributed by atoms with E-state index < -0.39 is 0 Å². The zero-order valence-electron chi connectivity index (χ0n) is 9.98. The minimum absolute atomic E-state index is 0.0490. The van der Waals surface area contributed by atoms with Crippen LogP contribution in [0.15, 0.2) is 47.9 Å². The molecule has 0 bridgehead atoms. The van der Waals surface area contributed by atoms with Crippen molar-refractivity contribution in [3.05, 3.63) is 43.0 Å². The Labute approximate surface area is 110 Å². The molecule has 3 rings (SSSR count). The summed E-state index contributed by atoms with van der Waals surface area (Å²) in [7, 11) is 0.